The summed E-state index contributed by atoms with van der Waals surface area (Å²) in [5.74, 6) is 6.00. The molecule has 0 aromatic heterocycles. The van der Waals surface area contributed by atoms with Gasteiger partial charge in [-0.3, -0.25) is 4.79 Å². The summed E-state index contributed by atoms with van der Waals surface area (Å²) >= 11 is 0. The zero-order valence-corrected chi connectivity index (χ0v) is 17.0. The van der Waals surface area contributed by atoms with Gasteiger partial charge in [-0.1, -0.05) is 64.2 Å². The summed E-state index contributed by atoms with van der Waals surface area (Å²) in [4.78, 5) is 21.8. The third-order valence-electron chi connectivity index (χ3n) is 4.59. The van der Waals surface area contributed by atoms with E-state index in [0.29, 0.717) is 19.4 Å². The molecule has 0 aliphatic rings. The standard InChI is InChI=1S/C23H40O3/c1-2-3-4-5-6-7-10-13-16-19-22-26-23(25)20-17-14-11-8-9-12-15-18-21-24/h21H,4-20,22H2,1H3. The van der Waals surface area contributed by atoms with Gasteiger partial charge < -0.3 is 9.53 Å². The van der Waals surface area contributed by atoms with Crippen molar-refractivity contribution in [3.63, 3.8) is 0 Å². The van der Waals surface area contributed by atoms with Crippen LogP contribution in [0, 0.1) is 11.8 Å². The van der Waals surface area contributed by atoms with E-state index in [2.05, 4.69) is 11.8 Å². The highest BCUT2D eigenvalue weighted by Gasteiger charge is 2.02. The molecular weight excluding hydrogens is 324 g/mol. The number of carbonyl (C=O) groups is 2. The van der Waals surface area contributed by atoms with Gasteiger partial charge in [0.2, 0.25) is 0 Å². The Kier molecular flexibility index (Phi) is 20.7. The molecule has 150 valence electrons. The fraction of sp³-hybridized carbons (Fsp3) is 0.826. The van der Waals surface area contributed by atoms with Crippen LogP contribution in [0.25, 0.3) is 0 Å². The van der Waals surface area contributed by atoms with Gasteiger partial charge in [0.05, 0.1) is 6.61 Å². The molecule has 0 N–H and O–H groups in total. The summed E-state index contributed by atoms with van der Waals surface area (Å²) in [5.41, 5.74) is 0. The van der Waals surface area contributed by atoms with Gasteiger partial charge in [0.15, 0.2) is 0 Å². The van der Waals surface area contributed by atoms with Gasteiger partial charge in [-0.05, 0) is 32.6 Å². The maximum atomic E-state index is 11.6. The molecule has 0 fully saturated rings. The average molecular weight is 365 g/mol. The number of aldehydes is 1. The van der Waals surface area contributed by atoms with Crippen molar-refractivity contribution in [2.75, 3.05) is 6.61 Å². The summed E-state index contributed by atoms with van der Waals surface area (Å²) in [5, 5.41) is 0. The van der Waals surface area contributed by atoms with Crippen LogP contribution in [0.15, 0.2) is 0 Å². The van der Waals surface area contributed by atoms with Crippen LogP contribution in [0.4, 0.5) is 0 Å². The largest absolute Gasteiger partial charge is 0.466 e. The van der Waals surface area contributed by atoms with Crippen molar-refractivity contribution < 1.29 is 14.3 Å². The molecule has 0 heterocycles. The first kappa shape index (κ1) is 24.7. The Morgan fingerprint density at radius 3 is 1.92 bits per heavy atom. The Labute approximate surface area is 161 Å². The number of carbonyl (C=O) groups excluding carboxylic acids is 2. The molecule has 0 amide bonds. The van der Waals surface area contributed by atoms with Gasteiger partial charge in [-0.15, -0.1) is 11.8 Å². The summed E-state index contributed by atoms with van der Waals surface area (Å²) < 4.78 is 5.30. The smallest absolute Gasteiger partial charge is 0.305 e. The number of hydrogen-bond donors (Lipinski definition) is 0. The highest BCUT2D eigenvalue weighted by atomic mass is 16.5. The Morgan fingerprint density at radius 2 is 1.31 bits per heavy atom. The summed E-state index contributed by atoms with van der Waals surface area (Å²) in [7, 11) is 0. The maximum absolute atomic E-state index is 11.6. The van der Waals surface area contributed by atoms with Gasteiger partial charge in [0.25, 0.3) is 0 Å². The van der Waals surface area contributed by atoms with E-state index in [9.17, 15) is 9.59 Å². The Bertz CT molecular complexity index is 379. The molecule has 0 radical (unpaired) electrons. The van der Waals surface area contributed by atoms with Gasteiger partial charge in [-0.25, -0.2) is 0 Å². The highest BCUT2D eigenvalue weighted by Crippen LogP contribution is 2.11. The van der Waals surface area contributed by atoms with E-state index in [1.807, 2.05) is 6.92 Å². The fourth-order valence-corrected chi connectivity index (χ4v) is 2.96. The van der Waals surface area contributed by atoms with E-state index in [4.69, 9.17) is 4.74 Å². The molecule has 0 saturated heterocycles. The predicted octanol–water partition coefficient (Wildman–Crippen LogP) is 6.38. The topological polar surface area (TPSA) is 43.4 Å². The van der Waals surface area contributed by atoms with Gasteiger partial charge in [-0.2, -0.15) is 0 Å². The van der Waals surface area contributed by atoms with Crippen LogP contribution in [0.1, 0.15) is 116 Å². The molecule has 0 atom stereocenters. The third kappa shape index (κ3) is 20.7. The van der Waals surface area contributed by atoms with Gasteiger partial charge >= 0.3 is 5.97 Å². The highest BCUT2D eigenvalue weighted by molar-refractivity contribution is 5.69. The molecule has 0 rings (SSSR count). The molecule has 0 spiro atoms. The second-order valence-electron chi connectivity index (χ2n) is 7.05. The van der Waals surface area contributed by atoms with Crippen LogP contribution >= 0.6 is 0 Å². The van der Waals surface area contributed by atoms with Crippen LogP contribution in [0.2, 0.25) is 0 Å². The summed E-state index contributed by atoms with van der Waals surface area (Å²) in [6, 6.07) is 0. The van der Waals surface area contributed by atoms with E-state index in [1.54, 1.807) is 0 Å². The molecule has 3 heteroatoms. The lowest BCUT2D eigenvalue weighted by Gasteiger charge is -2.05. The van der Waals surface area contributed by atoms with E-state index >= 15 is 0 Å². The molecule has 26 heavy (non-hydrogen) atoms. The lowest BCUT2D eigenvalue weighted by atomic mass is 10.1. The zero-order valence-electron chi connectivity index (χ0n) is 17.0. The zero-order chi connectivity index (χ0) is 19.1. The Morgan fingerprint density at radius 1 is 0.769 bits per heavy atom. The van der Waals surface area contributed by atoms with Crippen molar-refractivity contribution in [3.05, 3.63) is 0 Å². The predicted molar refractivity (Wildman–Crippen MR) is 109 cm³/mol. The van der Waals surface area contributed by atoms with Crippen LogP contribution in [0.5, 0.6) is 0 Å². The third-order valence-corrected chi connectivity index (χ3v) is 4.59. The maximum Gasteiger partial charge on any atom is 0.305 e. The summed E-state index contributed by atoms with van der Waals surface area (Å²) in [6.45, 7) is 2.48. The first-order chi connectivity index (χ1) is 12.8. The molecule has 3 nitrogen and oxygen atoms in total. The Hall–Kier alpha value is -1.30. The SMILES string of the molecule is CC#CCCCCCCCCCOC(=O)CCCCCCCCCC=O. The monoisotopic (exact) mass is 364 g/mol. The molecule has 0 unspecified atom stereocenters. The van der Waals surface area contributed by atoms with Crippen molar-refractivity contribution >= 4 is 12.3 Å². The van der Waals surface area contributed by atoms with Crippen LogP contribution in [-0.4, -0.2) is 18.9 Å². The summed E-state index contributed by atoms with van der Waals surface area (Å²) in [6.07, 6.45) is 19.6. The molecule has 0 aliphatic heterocycles. The second kappa shape index (κ2) is 21.7. The van der Waals surface area contributed by atoms with E-state index in [1.165, 1.54) is 51.4 Å². The normalized spacial score (nSPS) is 10.2. The van der Waals surface area contributed by atoms with Crippen LogP contribution < -0.4 is 0 Å². The van der Waals surface area contributed by atoms with Crippen molar-refractivity contribution in [2.24, 2.45) is 0 Å². The number of esters is 1. The minimum atomic E-state index is -0.0342. The quantitative estimate of drug-likeness (QED) is 0.115. The van der Waals surface area contributed by atoms with Crippen LogP contribution in [0.3, 0.4) is 0 Å². The lowest BCUT2D eigenvalue weighted by molar-refractivity contribution is -0.143. The molecule has 0 aromatic carbocycles. The van der Waals surface area contributed by atoms with Gasteiger partial charge in [0.1, 0.15) is 6.29 Å². The van der Waals surface area contributed by atoms with Crippen LogP contribution in [-0.2, 0) is 14.3 Å². The van der Waals surface area contributed by atoms with Crippen molar-refractivity contribution in [2.45, 2.75) is 116 Å². The second-order valence-corrected chi connectivity index (χ2v) is 7.05. The van der Waals surface area contributed by atoms with E-state index in [0.717, 1.165) is 51.2 Å². The van der Waals surface area contributed by atoms with E-state index < -0.39 is 0 Å². The molecule has 0 bridgehead atoms. The van der Waals surface area contributed by atoms with Crippen molar-refractivity contribution in [1.82, 2.24) is 0 Å². The van der Waals surface area contributed by atoms with Crippen molar-refractivity contribution in [1.29, 1.82) is 0 Å². The van der Waals surface area contributed by atoms with Gasteiger partial charge in [0, 0.05) is 19.3 Å². The number of unbranched alkanes of at least 4 members (excludes halogenated alkanes) is 14. The average Bonchev–Trinajstić information content (AvgIpc) is 2.64. The fourth-order valence-electron chi connectivity index (χ4n) is 2.96. The van der Waals surface area contributed by atoms with E-state index in [-0.39, 0.29) is 5.97 Å². The Balaban J connectivity index is 3.17. The number of ether oxygens (including phenoxy) is 1. The first-order valence-corrected chi connectivity index (χ1v) is 10.8. The molecule has 0 aliphatic carbocycles. The number of rotatable bonds is 19. The molecular formula is C23H40O3. The molecule has 0 saturated carbocycles. The molecule has 0 aromatic rings. The lowest BCUT2D eigenvalue weighted by Crippen LogP contribution is -2.05. The first-order valence-electron chi connectivity index (χ1n) is 10.8. The minimum absolute atomic E-state index is 0.0342. The number of hydrogen-bond acceptors (Lipinski definition) is 3. The minimum Gasteiger partial charge on any atom is -0.466 e. The van der Waals surface area contributed by atoms with Crippen molar-refractivity contribution in [3.8, 4) is 11.8 Å².